The number of halogens is 9. The molecule has 6 heterocycles. The fraction of sp³-hybridized carbons (Fsp3) is 0.562. The van der Waals surface area contributed by atoms with Crippen molar-refractivity contribution in [2.45, 2.75) is 159 Å². The number of nitrogens with one attached hydrogen (secondary N) is 7. The fourth-order valence-electron chi connectivity index (χ4n) is 15.2. The Hall–Kier alpha value is -10.6. The topological polar surface area (TPSA) is 400 Å². The van der Waals surface area contributed by atoms with E-state index >= 15 is 0 Å². The van der Waals surface area contributed by atoms with E-state index in [4.69, 9.17) is 0 Å². The molecule has 7 N–H and O–H groups in total. The van der Waals surface area contributed by atoms with Crippen molar-refractivity contribution >= 4 is 74.0 Å². The van der Waals surface area contributed by atoms with Crippen LogP contribution in [0.15, 0.2) is 91.4 Å². The molecule has 6 aromatic rings. The number of para-hydroxylation sites is 3. The number of nitrogens with zero attached hydrogens (tertiary/aromatic N) is 13. The summed E-state index contributed by atoms with van der Waals surface area (Å²) in [5.41, 5.74) is -0.207. The Bertz CT molecular complexity index is 4420. The van der Waals surface area contributed by atoms with Crippen LogP contribution in [0.4, 0.5) is 91.9 Å². The highest BCUT2D eigenvalue weighted by Crippen LogP contribution is 2.37. The number of carbonyl (C=O) groups excluding carboxylic acids is 2. The Morgan fingerprint density at radius 3 is 1.14 bits per heavy atom. The molecule has 3 aliphatic carbocycles. The van der Waals surface area contributed by atoms with Gasteiger partial charge in [0.05, 0.1) is 20.0 Å². The molecular weight excluding hydrogens is 1570 g/mol. The Morgan fingerprint density at radius 1 is 0.483 bits per heavy atom. The molecule has 6 aliphatic rings. The molecular formula is C73H93F9N20O13S. The number of ether oxygens (including phenoxy) is 3. The van der Waals surface area contributed by atoms with E-state index in [9.17, 15) is 87.9 Å². The SMILES string of the molecule is CC(=O)N1CCN(C2CCC(CNc3nc(NCc4ccccc4OC(F)(F)F)ncc3[N+](=O)[O-])CC2)CC1.CS(=O)(=O)C1CCN(C2CCC(CNc3nc(NCc4ccccc4OC(F)(F)F)ncc3[N+](=O)[O-])CC2)C1.O=C1CCN(C2CCC(CNc3nc(NCc4ccccc4OC(F)(F)F)ncc3[N+](=O)[O-])CC2)CCN1. The number of anilines is 6. The molecule has 33 nitrogen and oxygen atoms in total. The van der Waals surface area contributed by atoms with Crippen LogP contribution in [0, 0.1) is 48.1 Å². The van der Waals surface area contributed by atoms with Gasteiger partial charge in [0, 0.05) is 146 Å². The maximum Gasteiger partial charge on any atom is 0.573 e. The van der Waals surface area contributed by atoms with Gasteiger partial charge in [-0.2, -0.15) is 15.0 Å². The van der Waals surface area contributed by atoms with E-state index in [1.165, 1.54) is 60.9 Å². The Kier molecular flexibility index (Phi) is 30.5. The predicted octanol–water partition coefficient (Wildman–Crippen LogP) is 11.7. The molecule has 0 radical (unpaired) electrons. The van der Waals surface area contributed by atoms with E-state index < -0.39 is 43.7 Å². The summed E-state index contributed by atoms with van der Waals surface area (Å²) < 4.78 is 150. The lowest BCUT2D eigenvalue weighted by molar-refractivity contribution is -0.384. The summed E-state index contributed by atoms with van der Waals surface area (Å²) in [6, 6.07) is 18.2. The first kappa shape index (κ1) is 87.8. The minimum absolute atomic E-state index is 0.0167. The number of rotatable bonds is 28. The lowest BCUT2D eigenvalue weighted by Gasteiger charge is -2.41. The summed E-state index contributed by atoms with van der Waals surface area (Å²) in [5.74, 6) is 0.219. The number of sulfone groups is 1. The van der Waals surface area contributed by atoms with Gasteiger partial charge in [-0.05, 0) is 126 Å². The fourth-order valence-corrected chi connectivity index (χ4v) is 16.2. The minimum Gasteiger partial charge on any atom is -0.405 e. The van der Waals surface area contributed by atoms with Crippen molar-refractivity contribution in [1.82, 2.24) is 54.8 Å². The zero-order valence-corrected chi connectivity index (χ0v) is 64.5. The number of amides is 2. The van der Waals surface area contributed by atoms with Crippen molar-refractivity contribution < 1.29 is 86.5 Å². The number of hydrogen-bond donors (Lipinski definition) is 7. The highest BCUT2D eigenvalue weighted by molar-refractivity contribution is 7.91. The maximum atomic E-state index is 12.7. The van der Waals surface area contributed by atoms with Crippen molar-refractivity contribution in [2.24, 2.45) is 17.8 Å². The second kappa shape index (κ2) is 40.3. The third-order valence-electron chi connectivity index (χ3n) is 21.4. The number of piperazine rings is 1. The molecule has 3 saturated heterocycles. The molecule has 2 amide bonds. The van der Waals surface area contributed by atoms with Crippen molar-refractivity contribution in [3.05, 3.63) is 138 Å². The number of nitro groups is 3. The van der Waals surface area contributed by atoms with Crippen LogP contribution in [-0.2, 0) is 39.1 Å². The van der Waals surface area contributed by atoms with Crippen molar-refractivity contribution in [3.8, 4) is 17.2 Å². The van der Waals surface area contributed by atoms with Crippen LogP contribution in [-0.4, -0.2) is 212 Å². The van der Waals surface area contributed by atoms with Gasteiger partial charge >= 0.3 is 36.1 Å². The third-order valence-corrected chi connectivity index (χ3v) is 23.0. The third kappa shape index (κ3) is 27.0. The van der Waals surface area contributed by atoms with Gasteiger partial charge in [-0.15, -0.1) is 39.5 Å². The van der Waals surface area contributed by atoms with Crippen molar-refractivity contribution in [1.29, 1.82) is 0 Å². The van der Waals surface area contributed by atoms with Gasteiger partial charge in [-0.25, -0.2) is 23.4 Å². The van der Waals surface area contributed by atoms with E-state index in [1.54, 1.807) is 25.1 Å². The van der Waals surface area contributed by atoms with Gasteiger partial charge in [-0.1, -0.05) is 54.6 Å². The predicted molar refractivity (Wildman–Crippen MR) is 408 cm³/mol. The summed E-state index contributed by atoms with van der Waals surface area (Å²) in [5, 5.41) is 54.8. The zero-order chi connectivity index (χ0) is 83.3. The van der Waals surface area contributed by atoms with Crippen LogP contribution in [0.5, 0.6) is 17.2 Å². The molecule has 3 aliphatic heterocycles. The molecule has 3 aromatic carbocycles. The molecule has 3 saturated carbocycles. The van der Waals surface area contributed by atoms with E-state index in [1.807, 2.05) is 4.90 Å². The number of alkyl halides is 9. The summed E-state index contributed by atoms with van der Waals surface area (Å²) in [6.45, 7) is 9.69. The lowest BCUT2D eigenvalue weighted by atomic mass is 9.85. The Morgan fingerprint density at radius 2 is 0.819 bits per heavy atom. The van der Waals surface area contributed by atoms with E-state index in [0.29, 0.717) is 75.5 Å². The lowest BCUT2D eigenvalue weighted by Crippen LogP contribution is -2.52. The second-order valence-corrected chi connectivity index (χ2v) is 31.5. The average Bonchev–Trinajstić information content (AvgIpc) is 1.50. The first-order valence-corrected chi connectivity index (χ1v) is 40.0. The summed E-state index contributed by atoms with van der Waals surface area (Å²) >= 11 is 0. The van der Waals surface area contributed by atoms with E-state index in [0.717, 1.165) is 141 Å². The molecule has 43 heteroatoms. The normalized spacial score (nSPS) is 21.2. The van der Waals surface area contributed by atoms with Crippen LogP contribution < -0.4 is 51.4 Å². The molecule has 6 fully saturated rings. The number of benzene rings is 3. The summed E-state index contributed by atoms with van der Waals surface area (Å²) in [4.78, 5) is 89.4. The Balaban J connectivity index is 0.000000184. The molecule has 632 valence electrons. The smallest absolute Gasteiger partial charge is 0.405 e. The standard InChI is InChI=1S/C25H32F3N7O4.C24H30F3N7O4.C24H31F3N6O5S/c1-17(36)33-10-12-34(13-11-33)20-8-6-18(7-9-20)14-29-23-21(35(37)38)16-31-24(32-23)30-15-19-4-2-3-5-22(19)39-25(26,27)28;25-24(26,27)38-20-4-2-1-3-17(20)14-30-23-31-15-19(34(36)37)22(32-23)29-13-16-5-7-18(8-6-16)33-11-9-21(35)28-10-12-33;1-39(36,37)19-10-11-32(15-19)18-8-6-16(7-9-18)12-28-22-20(33(34)35)14-30-23(31-22)29-13-17-4-2-3-5-21(17)38-24(25,26)27/h2-5,16,18,20H,6-15H2,1H3,(H2,29,30,31,32);1-4,15-16,18H,5-14H2,(H,28,35)(H2,29,30,31,32);2-5,14,16,18-19H,6-13,15H2,1H3,(H2,28,29,30,31). The van der Waals surface area contributed by atoms with E-state index in [2.05, 4.69) is 96.0 Å². The van der Waals surface area contributed by atoms with Crippen LogP contribution in [0.3, 0.4) is 0 Å². The first-order valence-electron chi connectivity index (χ1n) is 38.1. The van der Waals surface area contributed by atoms with E-state index in [-0.39, 0.29) is 129 Å². The molecule has 3 aromatic heterocycles. The summed E-state index contributed by atoms with van der Waals surface area (Å²) in [7, 11) is -3.04. The number of aromatic nitrogens is 6. The van der Waals surface area contributed by atoms with Gasteiger partial charge in [0.1, 0.15) is 35.8 Å². The molecule has 1 unspecified atom stereocenters. The number of hydrogen-bond acceptors (Lipinski definition) is 28. The van der Waals surface area contributed by atoms with Gasteiger partial charge in [0.15, 0.2) is 9.84 Å². The quantitative estimate of drug-likeness (QED) is 0.0136. The zero-order valence-electron chi connectivity index (χ0n) is 63.6. The number of carbonyl (C=O) groups is 2. The first-order chi connectivity index (χ1) is 55.1. The van der Waals surface area contributed by atoms with Gasteiger partial charge < -0.3 is 56.3 Å². The van der Waals surface area contributed by atoms with Crippen LogP contribution >= 0.6 is 0 Å². The monoisotopic (exact) mass is 1660 g/mol. The van der Waals surface area contributed by atoms with Gasteiger partial charge in [0.25, 0.3) is 0 Å². The van der Waals surface area contributed by atoms with Crippen molar-refractivity contribution in [2.75, 3.05) is 117 Å². The van der Waals surface area contributed by atoms with Crippen LogP contribution in [0.25, 0.3) is 0 Å². The molecule has 0 bridgehead atoms. The minimum atomic E-state index is -4.84. The van der Waals surface area contributed by atoms with Gasteiger partial charge in [0.2, 0.25) is 47.1 Å². The molecule has 116 heavy (non-hydrogen) atoms. The largest absolute Gasteiger partial charge is 0.573 e. The second-order valence-electron chi connectivity index (χ2n) is 29.2. The molecule has 0 spiro atoms. The van der Waals surface area contributed by atoms with Gasteiger partial charge in [-0.3, -0.25) is 54.6 Å². The highest BCUT2D eigenvalue weighted by atomic mass is 32.2. The summed E-state index contributed by atoms with van der Waals surface area (Å²) in [6.07, 6.45) is 2.57. The average molecular weight is 1660 g/mol. The van der Waals surface area contributed by atoms with Crippen LogP contribution in [0.1, 0.15) is 114 Å². The Labute approximate surface area is 661 Å². The highest BCUT2D eigenvalue weighted by Gasteiger charge is 2.39. The van der Waals surface area contributed by atoms with Crippen molar-refractivity contribution in [3.63, 3.8) is 0 Å². The molecule has 12 rings (SSSR count). The molecule has 1 atom stereocenters. The van der Waals surface area contributed by atoms with Crippen LogP contribution in [0.2, 0.25) is 0 Å². The number of likely N-dealkylation sites (tertiary alicyclic amines) is 1. The maximum absolute atomic E-state index is 12.7.